The molecule has 6 rings (SSSR count). The molecule has 5 heteroatoms. The molecule has 0 aromatic heterocycles. The van der Waals surface area contributed by atoms with Gasteiger partial charge in [-0.2, -0.15) is 8.78 Å². The van der Waals surface area contributed by atoms with Gasteiger partial charge in [-0.1, -0.05) is 19.9 Å². The summed E-state index contributed by atoms with van der Waals surface area (Å²) in [5, 5.41) is 3.95. The molecule has 8 atom stereocenters. The Kier molecular flexibility index (Phi) is 5.32. The highest BCUT2D eigenvalue weighted by atomic mass is 19.3. The second-order valence-corrected chi connectivity index (χ2v) is 12.3. The number of hydrogen-bond donors (Lipinski definition) is 1. The number of alkyl halides is 2. The first kappa shape index (κ1) is 22.0. The summed E-state index contributed by atoms with van der Waals surface area (Å²) < 4.78 is 43.3. The van der Waals surface area contributed by atoms with Gasteiger partial charge < -0.3 is 14.8 Å². The quantitative estimate of drug-likeness (QED) is 0.516. The van der Waals surface area contributed by atoms with E-state index in [2.05, 4.69) is 19.2 Å². The van der Waals surface area contributed by atoms with E-state index in [4.69, 9.17) is 9.47 Å². The molecule has 0 spiro atoms. The third kappa shape index (κ3) is 3.35. The number of halogens is 2. The van der Waals surface area contributed by atoms with Crippen LogP contribution in [0.4, 0.5) is 8.78 Å². The number of fused-ring (bicyclic) bond motifs is 5. The summed E-state index contributed by atoms with van der Waals surface area (Å²) in [7, 11) is 0. The van der Waals surface area contributed by atoms with Gasteiger partial charge >= 0.3 is 0 Å². The third-order valence-corrected chi connectivity index (χ3v) is 10.6. The highest BCUT2D eigenvalue weighted by Crippen LogP contribution is 2.66. The minimum Gasteiger partial charge on any atom is -0.353 e. The summed E-state index contributed by atoms with van der Waals surface area (Å²) in [5.41, 5.74) is 0.350. The van der Waals surface area contributed by atoms with Crippen LogP contribution in [0.2, 0.25) is 0 Å². The number of ether oxygens (including phenoxy) is 2. The zero-order valence-electron chi connectivity index (χ0n) is 19.9. The van der Waals surface area contributed by atoms with Crippen molar-refractivity contribution < 1.29 is 18.3 Å². The van der Waals surface area contributed by atoms with Crippen molar-refractivity contribution in [2.24, 2.45) is 28.6 Å². The first-order valence-electron chi connectivity index (χ1n) is 13.4. The van der Waals surface area contributed by atoms with Crippen molar-refractivity contribution >= 4 is 0 Å². The van der Waals surface area contributed by atoms with E-state index >= 15 is 8.78 Å². The molecular formula is C27H41F2NO2. The van der Waals surface area contributed by atoms with E-state index < -0.39 is 18.3 Å². The monoisotopic (exact) mass is 449 g/mol. The van der Waals surface area contributed by atoms with Crippen LogP contribution in [0.1, 0.15) is 90.9 Å². The molecule has 0 bridgehead atoms. The Morgan fingerprint density at radius 3 is 2.56 bits per heavy atom. The number of rotatable bonds is 4. The molecule has 1 N–H and O–H groups in total. The Balaban J connectivity index is 1.23. The largest absolute Gasteiger partial charge is 0.353 e. The summed E-state index contributed by atoms with van der Waals surface area (Å²) in [5.74, 6) is -1.27. The van der Waals surface area contributed by atoms with Crippen LogP contribution in [0.25, 0.3) is 0 Å². The van der Waals surface area contributed by atoms with E-state index in [1.54, 1.807) is 0 Å². The molecule has 5 aliphatic carbocycles. The summed E-state index contributed by atoms with van der Waals surface area (Å²) in [6.07, 6.45) is 12.8. The molecule has 1 aliphatic heterocycles. The van der Waals surface area contributed by atoms with Crippen LogP contribution in [0.5, 0.6) is 0 Å². The van der Waals surface area contributed by atoms with Crippen LogP contribution >= 0.6 is 0 Å². The van der Waals surface area contributed by atoms with Gasteiger partial charge in [-0.05, 0) is 106 Å². The maximum absolute atomic E-state index is 15.9. The van der Waals surface area contributed by atoms with E-state index in [1.807, 2.05) is 6.08 Å². The molecule has 0 aromatic rings. The van der Waals surface area contributed by atoms with Gasteiger partial charge in [0.15, 0.2) is 6.29 Å². The fraction of sp³-hybridized carbons (Fsp3) is 0.926. The number of nitrogens with one attached hydrogen (secondary N) is 1. The lowest BCUT2D eigenvalue weighted by molar-refractivity contribution is -0.246. The van der Waals surface area contributed by atoms with Gasteiger partial charge in [0.1, 0.15) is 6.10 Å². The normalized spacial score (nSPS) is 50.2. The molecule has 1 heterocycles. The van der Waals surface area contributed by atoms with Crippen molar-refractivity contribution in [2.45, 2.75) is 121 Å². The van der Waals surface area contributed by atoms with Crippen LogP contribution in [-0.4, -0.2) is 37.0 Å². The van der Waals surface area contributed by atoms with Crippen molar-refractivity contribution in [3.8, 4) is 0 Å². The molecule has 32 heavy (non-hydrogen) atoms. The van der Waals surface area contributed by atoms with E-state index in [9.17, 15) is 0 Å². The van der Waals surface area contributed by atoms with Crippen molar-refractivity contribution in [2.75, 3.05) is 6.61 Å². The molecular weight excluding hydrogens is 408 g/mol. The Labute approximate surface area is 192 Å². The number of hydrogen-bond acceptors (Lipinski definition) is 3. The Bertz CT molecular complexity index is 761. The van der Waals surface area contributed by atoms with Crippen molar-refractivity contribution in [1.82, 2.24) is 5.32 Å². The van der Waals surface area contributed by atoms with E-state index in [-0.39, 0.29) is 5.41 Å². The molecule has 5 fully saturated rings. The first-order chi connectivity index (χ1) is 15.3. The average Bonchev–Trinajstić information content (AvgIpc) is 3.52. The maximum atomic E-state index is 15.9. The van der Waals surface area contributed by atoms with E-state index in [0.717, 1.165) is 44.6 Å². The van der Waals surface area contributed by atoms with Crippen molar-refractivity contribution in [3.63, 3.8) is 0 Å². The van der Waals surface area contributed by atoms with Gasteiger partial charge in [-0.3, -0.25) is 0 Å². The van der Waals surface area contributed by atoms with Gasteiger partial charge in [0, 0.05) is 24.3 Å². The van der Waals surface area contributed by atoms with Gasteiger partial charge in [0.25, 0.3) is 5.92 Å². The second kappa shape index (κ2) is 7.75. The first-order valence-corrected chi connectivity index (χ1v) is 13.4. The van der Waals surface area contributed by atoms with Gasteiger partial charge in [0.2, 0.25) is 0 Å². The lowest BCUT2D eigenvalue weighted by Gasteiger charge is -2.59. The van der Waals surface area contributed by atoms with Crippen molar-refractivity contribution in [1.29, 1.82) is 0 Å². The molecule has 3 nitrogen and oxygen atoms in total. The average molecular weight is 450 g/mol. The molecule has 1 saturated heterocycles. The third-order valence-electron chi connectivity index (χ3n) is 10.6. The van der Waals surface area contributed by atoms with Gasteiger partial charge in [-0.25, -0.2) is 0 Å². The molecule has 0 amide bonds. The highest BCUT2D eigenvalue weighted by Gasteiger charge is 2.64. The topological polar surface area (TPSA) is 30.5 Å². The smallest absolute Gasteiger partial charge is 0.295 e. The van der Waals surface area contributed by atoms with Gasteiger partial charge in [-0.15, -0.1) is 0 Å². The highest BCUT2D eigenvalue weighted by molar-refractivity contribution is 5.32. The van der Waals surface area contributed by atoms with E-state index in [1.165, 1.54) is 32.1 Å². The summed E-state index contributed by atoms with van der Waals surface area (Å²) >= 11 is 0. The van der Waals surface area contributed by atoms with Crippen LogP contribution in [-0.2, 0) is 9.47 Å². The lowest BCUT2D eigenvalue weighted by Crippen LogP contribution is -2.57. The van der Waals surface area contributed by atoms with Crippen LogP contribution in [0, 0.1) is 28.6 Å². The fourth-order valence-electron chi connectivity index (χ4n) is 8.68. The minimum atomic E-state index is -2.88. The summed E-state index contributed by atoms with van der Waals surface area (Å²) in [6, 6.07) is 1.37. The SMILES string of the molecule is C[C@]12CCC(OC3CCCCO3)C(F)(F)C1=CC[C@@H]1[C@H]2CC[C@]2(C)C(NC3CC3)CC[C@@H]12. The lowest BCUT2D eigenvalue weighted by atomic mass is 9.47. The Morgan fingerprint density at radius 2 is 1.81 bits per heavy atom. The minimum absolute atomic E-state index is 0.340. The predicted molar refractivity (Wildman–Crippen MR) is 120 cm³/mol. The maximum Gasteiger partial charge on any atom is 0.295 e. The van der Waals surface area contributed by atoms with Crippen LogP contribution in [0.3, 0.4) is 0 Å². The molecule has 6 aliphatic rings. The fourth-order valence-corrected chi connectivity index (χ4v) is 8.68. The zero-order valence-corrected chi connectivity index (χ0v) is 19.9. The summed E-state index contributed by atoms with van der Waals surface area (Å²) in [6.45, 7) is 5.30. The van der Waals surface area contributed by atoms with E-state index in [0.29, 0.717) is 47.8 Å². The second-order valence-electron chi connectivity index (χ2n) is 12.3. The summed E-state index contributed by atoms with van der Waals surface area (Å²) in [4.78, 5) is 0. The molecule has 0 aromatic carbocycles. The molecule has 4 saturated carbocycles. The Morgan fingerprint density at radius 1 is 0.969 bits per heavy atom. The standard InChI is InChI=1S/C27H41F2NO2/c1-25-15-13-23(32-24-5-3-4-16-31-24)27(28,29)21(25)10-8-18-19-9-11-22(30-17-6-7-17)26(19,2)14-12-20(18)25/h10,17-20,22-24,30H,3-9,11-16H2,1-2H3/t18-,19-,20+,22?,23?,24?,25+,26-/m0/s1. The molecule has 180 valence electrons. The molecule has 3 unspecified atom stereocenters. The van der Waals surface area contributed by atoms with Crippen LogP contribution in [0.15, 0.2) is 11.6 Å². The zero-order chi connectivity index (χ0) is 22.1. The number of allylic oxidation sites excluding steroid dienone is 1. The Hall–Kier alpha value is -0.520. The van der Waals surface area contributed by atoms with Crippen molar-refractivity contribution in [3.05, 3.63) is 11.6 Å². The van der Waals surface area contributed by atoms with Gasteiger partial charge in [0.05, 0.1) is 0 Å². The molecule has 0 radical (unpaired) electrons. The predicted octanol–water partition coefficient (Wildman–Crippen LogP) is 6.23. The van der Waals surface area contributed by atoms with Crippen LogP contribution < -0.4 is 5.32 Å².